The minimum absolute atomic E-state index is 0.188. The van der Waals surface area contributed by atoms with Crippen molar-refractivity contribution < 1.29 is 4.79 Å². The molecule has 5 heteroatoms. The first-order chi connectivity index (χ1) is 13.8. The Morgan fingerprint density at radius 1 is 0.964 bits per heavy atom. The standard InChI is InChI=1S/C23H22N4O/c28-22(16-27-15-11-18-4-1-2-6-21(18)27)26-13-9-17(10-14-26)20-8-7-19-5-3-12-24-23(19)25-20/h1-8,11-12,15,17H,9-10,13-14,16H2. The average molecular weight is 370 g/mol. The number of carbonyl (C=O) groups is 1. The Morgan fingerprint density at radius 2 is 1.79 bits per heavy atom. The molecule has 0 saturated carbocycles. The highest BCUT2D eigenvalue weighted by Gasteiger charge is 2.25. The highest BCUT2D eigenvalue weighted by atomic mass is 16.2. The number of hydrogen-bond donors (Lipinski definition) is 0. The van der Waals surface area contributed by atoms with Gasteiger partial charge in [0.1, 0.15) is 6.54 Å². The third-order valence-corrected chi connectivity index (χ3v) is 5.74. The van der Waals surface area contributed by atoms with E-state index in [0.717, 1.165) is 48.2 Å². The number of para-hydroxylation sites is 1. The van der Waals surface area contributed by atoms with Crippen molar-refractivity contribution in [1.29, 1.82) is 0 Å². The van der Waals surface area contributed by atoms with Crippen LogP contribution in [0.15, 0.2) is 67.0 Å². The fraction of sp³-hybridized carbons (Fsp3) is 0.261. The number of amides is 1. The van der Waals surface area contributed by atoms with E-state index in [-0.39, 0.29) is 5.91 Å². The Hall–Kier alpha value is -3.21. The predicted octanol–water partition coefficient (Wildman–Crippen LogP) is 3.99. The minimum atomic E-state index is 0.188. The zero-order valence-corrected chi connectivity index (χ0v) is 15.7. The van der Waals surface area contributed by atoms with Crippen molar-refractivity contribution in [2.45, 2.75) is 25.3 Å². The smallest absolute Gasteiger partial charge is 0.242 e. The minimum Gasteiger partial charge on any atom is -0.341 e. The summed E-state index contributed by atoms with van der Waals surface area (Å²) in [5.74, 6) is 0.579. The van der Waals surface area contributed by atoms with Gasteiger partial charge in [-0.2, -0.15) is 0 Å². The molecule has 0 aliphatic carbocycles. The maximum Gasteiger partial charge on any atom is 0.242 e. The predicted molar refractivity (Wildman–Crippen MR) is 110 cm³/mol. The van der Waals surface area contributed by atoms with E-state index in [1.807, 2.05) is 39.9 Å². The van der Waals surface area contributed by atoms with Gasteiger partial charge in [0.2, 0.25) is 5.91 Å². The molecule has 5 rings (SSSR count). The second kappa shape index (κ2) is 7.08. The van der Waals surface area contributed by atoms with Crippen molar-refractivity contribution in [3.05, 3.63) is 72.7 Å². The molecule has 0 atom stereocenters. The molecule has 0 unspecified atom stereocenters. The molecular formula is C23H22N4O. The highest BCUT2D eigenvalue weighted by molar-refractivity contribution is 5.83. The van der Waals surface area contributed by atoms with Crippen molar-refractivity contribution in [3.8, 4) is 0 Å². The molecule has 28 heavy (non-hydrogen) atoms. The topological polar surface area (TPSA) is 51.0 Å². The number of rotatable bonds is 3. The molecule has 1 aromatic carbocycles. The molecule has 1 saturated heterocycles. The zero-order valence-electron chi connectivity index (χ0n) is 15.7. The Bertz CT molecular complexity index is 1140. The van der Waals surface area contributed by atoms with Gasteiger partial charge in [-0.1, -0.05) is 18.2 Å². The van der Waals surface area contributed by atoms with E-state index in [1.54, 1.807) is 6.20 Å². The van der Waals surface area contributed by atoms with E-state index in [9.17, 15) is 4.79 Å². The Morgan fingerprint density at radius 3 is 2.68 bits per heavy atom. The van der Waals surface area contributed by atoms with Crippen molar-refractivity contribution in [1.82, 2.24) is 19.4 Å². The van der Waals surface area contributed by atoms with E-state index in [2.05, 4.69) is 35.3 Å². The summed E-state index contributed by atoms with van der Waals surface area (Å²) in [6, 6.07) is 18.4. The summed E-state index contributed by atoms with van der Waals surface area (Å²) in [6.45, 7) is 1.96. The van der Waals surface area contributed by atoms with Crippen LogP contribution >= 0.6 is 0 Å². The van der Waals surface area contributed by atoms with Gasteiger partial charge in [0.15, 0.2) is 5.65 Å². The molecule has 1 aliphatic heterocycles. The van der Waals surface area contributed by atoms with Gasteiger partial charge in [-0.05, 0) is 54.6 Å². The van der Waals surface area contributed by atoms with E-state index in [1.165, 1.54) is 5.39 Å². The Kier molecular flexibility index (Phi) is 4.28. The highest BCUT2D eigenvalue weighted by Crippen LogP contribution is 2.28. The SMILES string of the molecule is O=C(Cn1ccc2ccccc21)N1CCC(c2ccc3cccnc3n2)CC1. The number of aromatic nitrogens is 3. The van der Waals surface area contributed by atoms with Crippen LogP contribution in [0.1, 0.15) is 24.5 Å². The van der Waals surface area contributed by atoms with Gasteiger partial charge >= 0.3 is 0 Å². The van der Waals surface area contributed by atoms with E-state index >= 15 is 0 Å². The van der Waals surface area contributed by atoms with Gasteiger partial charge < -0.3 is 9.47 Å². The number of nitrogens with zero attached hydrogens (tertiary/aromatic N) is 4. The molecule has 4 aromatic rings. The summed E-state index contributed by atoms with van der Waals surface area (Å²) < 4.78 is 2.04. The molecule has 140 valence electrons. The lowest BCUT2D eigenvalue weighted by molar-refractivity contribution is -0.132. The lowest BCUT2D eigenvalue weighted by Gasteiger charge is -2.32. The number of piperidine rings is 1. The zero-order chi connectivity index (χ0) is 18.9. The molecule has 0 bridgehead atoms. The number of benzene rings is 1. The third-order valence-electron chi connectivity index (χ3n) is 5.74. The summed E-state index contributed by atoms with van der Waals surface area (Å²) in [4.78, 5) is 23.9. The first-order valence-corrected chi connectivity index (χ1v) is 9.81. The number of hydrogen-bond acceptors (Lipinski definition) is 3. The maximum absolute atomic E-state index is 12.8. The molecule has 1 amide bonds. The fourth-order valence-electron chi connectivity index (χ4n) is 4.14. The average Bonchev–Trinajstić information content (AvgIpc) is 3.16. The Balaban J connectivity index is 1.25. The van der Waals surface area contributed by atoms with Crippen molar-refractivity contribution in [3.63, 3.8) is 0 Å². The molecule has 1 fully saturated rings. The van der Waals surface area contributed by atoms with Crippen molar-refractivity contribution >= 4 is 27.8 Å². The summed E-state index contributed by atoms with van der Waals surface area (Å²) in [5, 5.41) is 2.24. The lowest BCUT2D eigenvalue weighted by atomic mass is 9.93. The van der Waals surface area contributed by atoms with Crippen LogP contribution in [0.2, 0.25) is 0 Å². The van der Waals surface area contributed by atoms with Crippen molar-refractivity contribution in [2.75, 3.05) is 13.1 Å². The van der Waals surface area contributed by atoms with Gasteiger partial charge in [-0.15, -0.1) is 0 Å². The Labute approximate surface area is 163 Å². The summed E-state index contributed by atoms with van der Waals surface area (Å²) >= 11 is 0. The fourth-order valence-corrected chi connectivity index (χ4v) is 4.14. The maximum atomic E-state index is 12.8. The summed E-state index contributed by atoms with van der Waals surface area (Å²) in [5.41, 5.74) is 3.01. The second-order valence-corrected chi connectivity index (χ2v) is 7.44. The van der Waals surface area contributed by atoms with Gasteiger partial charge in [-0.25, -0.2) is 9.97 Å². The summed E-state index contributed by atoms with van der Waals surface area (Å²) in [7, 11) is 0. The normalized spacial score (nSPS) is 15.4. The van der Waals surface area contributed by atoms with Crippen LogP contribution in [0.25, 0.3) is 21.9 Å². The monoisotopic (exact) mass is 370 g/mol. The molecule has 1 aliphatic rings. The summed E-state index contributed by atoms with van der Waals surface area (Å²) in [6.07, 6.45) is 5.68. The molecule has 0 N–H and O–H groups in total. The lowest BCUT2D eigenvalue weighted by Crippen LogP contribution is -2.39. The van der Waals surface area contributed by atoms with Crippen LogP contribution in [0.5, 0.6) is 0 Å². The van der Waals surface area contributed by atoms with Crippen LogP contribution in [0.4, 0.5) is 0 Å². The molecule has 0 spiro atoms. The van der Waals surface area contributed by atoms with Crippen molar-refractivity contribution in [2.24, 2.45) is 0 Å². The van der Waals surface area contributed by atoms with Crippen LogP contribution < -0.4 is 0 Å². The van der Waals surface area contributed by atoms with Gasteiger partial charge in [0.25, 0.3) is 0 Å². The van der Waals surface area contributed by atoms with E-state index in [4.69, 9.17) is 4.98 Å². The molecule has 4 heterocycles. The quantitative estimate of drug-likeness (QED) is 0.548. The van der Waals surface area contributed by atoms with Gasteiger partial charge in [0, 0.05) is 48.0 Å². The van der Waals surface area contributed by atoms with E-state index in [0.29, 0.717) is 12.5 Å². The largest absolute Gasteiger partial charge is 0.341 e. The third kappa shape index (κ3) is 3.13. The van der Waals surface area contributed by atoms with Crippen LogP contribution in [0, 0.1) is 0 Å². The molecule has 0 radical (unpaired) electrons. The number of pyridine rings is 2. The molecule has 3 aromatic heterocycles. The second-order valence-electron chi connectivity index (χ2n) is 7.44. The number of fused-ring (bicyclic) bond motifs is 2. The molecular weight excluding hydrogens is 348 g/mol. The number of carbonyl (C=O) groups excluding carboxylic acids is 1. The van der Waals surface area contributed by atoms with Gasteiger partial charge in [-0.3, -0.25) is 4.79 Å². The molecule has 5 nitrogen and oxygen atoms in total. The van der Waals surface area contributed by atoms with Crippen LogP contribution in [0.3, 0.4) is 0 Å². The van der Waals surface area contributed by atoms with E-state index < -0.39 is 0 Å². The number of likely N-dealkylation sites (tertiary alicyclic amines) is 1. The van der Waals surface area contributed by atoms with Gasteiger partial charge in [0.05, 0.1) is 0 Å². The first kappa shape index (κ1) is 16.9. The van der Waals surface area contributed by atoms with Crippen LogP contribution in [-0.4, -0.2) is 38.4 Å². The van der Waals surface area contributed by atoms with Crippen LogP contribution in [-0.2, 0) is 11.3 Å². The first-order valence-electron chi connectivity index (χ1n) is 9.81.